The van der Waals surface area contributed by atoms with Gasteiger partial charge in [0.05, 0.1) is 11.4 Å². The molecule has 0 amide bonds. The summed E-state index contributed by atoms with van der Waals surface area (Å²) < 4.78 is 0. The van der Waals surface area contributed by atoms with Crippen LogP contribution in [0.2, 0.25) is 0 Å². The number of allylic oxidation sites excluding steroid dienone is 6. The number of benzene rings is 5. The average Bonchev–Trinajstić information content (AvgIpc) is 3.45. The molecule has 0 spiro atoms. The molecule has 0 aliphatic heterocycles. The molecular weight excluding hydrogens is 845 g/mol. The predicted octanol–water partition coefficient (Wildman–Crippen LogP) is 19.8. The van der Waals surface area contributed by atoms with Crippen molar-refractivity contribution in [2.24, 2.45) is 0 Å². The zero-order valence-corrected chi connectivity index (χ0v) is 47.3. The first-order valence-electron chi connectivity index (χ1n) is 26.7. The normalized spacial score (nSPS) is 19.4. The molecule has 3 aliphatic rings. The Hall–Kier alpha value is -5.08. The minimum Gasteiger partial charge on any atom is -0.310 e. The SMILES string of the molecule is C\C=C/C=C\C=C\C(C)(C)c1ccc(C)c(N(c2cc3c(cc2C)C(C)(C)CC3(C)C)c2cc(C)cc(N(c3ccc4c(c3)C(C)(C)CCC4(C)C)c3cc4c(cc3C)C(C)(C)CCC4(C)C)c2C)c1. The molecule has 0 unspecified atom stereocenters. The van der Waals surface area contributed by atoms with E-state index >= 15 is 0 Å². The van der Waals surface area contributed by atoms with E-state index in [1.54, 1.807) is 0 Å². The number of fused-ring (bicyclic) bond motifs is 3. The molecule has 0 N–H and O–H groups in total. The highest BCUT2D eigenvalue weighted by molar-refractivity contribution is 5.90. The summed E-state index contributed by atoms with van der Waals surface area (Å²) >= 11 is 0. The lowest BCUT2D eigenvalue weighted by molar-refractivity contribution is 0.331. The van der Waals surface area contributed by atoms with Gasteiger partial charge in [-0.1, -0.05) is 164 Å². The van der Waals surface area contributed by atoms with E-state index in [-0.39, 0.29) is 37.9 Å². The first-order chi connectivity index (χ1) is 32.4. The lowest BCUT2D eigenvalue weighted by Gasteiger charge is -2.44. The largest absolute Gasteiger partial charge is 0.310 e. The molecule has 0 atom stereocenters. The molecular formula is C68H88N2. The Bertz CT molecular complexity index is 2950. The number of hydrogen-bond donors (Lipinski definition) is 0. The molecule has 370 valence electrons. The molecule has 3 aliphatic carbocycles. The Morgan fingerprint density at radius 1 is 0.414 bits per heavy atom. The third-order valence-electron chi connectivity index (χ3n) is 17.6. The molecule has 0 saturated heterocycles. The minimum absolute atomic E-state index is 0.0435. The van der Waals surface area contributed by atoms with Crippen LogP contribution in [0.4, 0.5) is 34.1 Å². The quantitative estimate of drug-likeness (QED) is 0.129. The highest BCUT2D eigenvalue weighted by atomic mass is 15.2. The van der Waals surface area contributed by atoms with Crippen LogP contribution in [0.1, 0.15) is 203 Å². The monoisotopic (exact) mass is 933 g/mol. The summed E-state index contributed by atoms with van der Waals surface area (Å²) in [4.78, 5) is 5.31. The first kappa shape index (κ1) is 51.3. The third kappa shape index (κ3) is 9.09. The van der Waals surface area contributed by atoms with Gasteiger partial charge in [-0.2, -0.15) is 0 Å². The van der Waals surface area contributed by atoms with Gasteiger partial charge >= 0.3 is 0 Å². The summed E-state index contributed by atoms with van der Waals surface area (Å²) in [6.07, 6.45) is 18.8. The fourth-order valence-corrected chi connectivity index (χ4v) is 13.0. The fourth-order valence-electron chi connectivity index (χ4n) is 13.0. The molecule has 2 heteroatoms. The average molecular weight is 933 g/mol. The summed E-state index contributed by atoms with van der Waals surface area (Å²) in [6.45, 7) is 47.9. The number of nitrogens with zero attached hydrogens (tertiary/aromatic N) is 2. The Kier molecular flexibility index (Phi) is 12.9. The van der Waals surface area contributed by atoms with Crippen LogP contribution in [0.5, 0.6) is 0 Å². The van der Waals surface area contributed by atoms with E-state index in [1.807, 2.05) is 0 Å². The summed E-state index contributed by atoms with van der Waals surface area (Å²) in [5.74, 6) is 0. The van der Waals surface area contributed by atoms with E-state index in [9.17, 15) is 0 Å². The Balaban J connectivity index is 1.44. The van der Waals surface area contributed by atoms with Gasteiger partial charge in [-0.15, -0.1) is 0 Å². The van der Waals surface area contributed by atoms with Gasteiger partial charge in [-0.25, -0.2) is 0 Å². The highest BCUT2D eigenvalue weighted by Crippen LogP contribution is 2.56. The molecule has 0 fully saturated rings. The van der Waals surface area contributed by atoms with Crippen LogP contribution in [0.3, 0.4) is 0 Å². The Morgan fingerprint density at radius 2 is 0.857 bits per heavy atom. The fraction of sp³-hybridized carbons (Fsp3) is 0.471. The highest BCUT2D eigenvalue weighted by Gasteiger charge is 2.44. The van der Waals surface area contributed by atoms with Gasteiger partial charge < -0.3 is 9.80 Å². The summed E-state index contributed by atoms with van der Waals surface area (Å²) in [5, 5.41) is 0. The lowest BCUT2D eigenvalue weighted by Crippen LogP contribution is -2.34. The zero-order chi connectivity index (χ0) is 51.3. The van der Waals surface area contributed by atoms with Gasteiger partial charge in [0.1, 0.15) is 0 Å². The second-order valence-electron chi connectivity index (χ2n) is 26.7. The second kappa shape index (κ2) is 17.6. The van der Waals surface area contributed by atoms with E-state index in [2.05, 4.69) is 258 Å². The standard InChI is InChI=1S/C68H88N2/c1-21-22-23-24-25-30-62(7,8)49-27-26-45(3)57(39-49)70(59-42-56-53(38-47(59)5)67(17,18)43-68(56,19)20)61-36-44(2)35-60(48(61)6)69(50-28-29-51-54(40-50)65(13,14)32-31-63(51,9)10)58-41-55-52(37-46(58)4)64(11,12)33-34-66(55,15)16/h21-30,35-42H,31-34,43H2,1-20H3/b22-21-,24-23-,30-25+. The van der Waals surface area contributed by atoms with E-state index in [0.717, 1.165) is 6.42 Å². The molecule has 2 nitrogen and oxygen atoms in total. The molecule has 0 aromatic heterocycles. The zero-order valence-electron chi connectivity index (χ0n) is 47.3. The third-order valence-corrected chi connectivity index (χ3v) is 17.6. The second-order valence-corrected chi connectivity index (χ2v) is 26.7. The number of rotatable bonds is 10. The van der Waals surface area contributed by atoms with E-state index < -0.39 is 0 Å². The van der Waals surface area contributed by atoms with Crippen LogP contribution in [-0.4, -0.2) is 0 Å². The molecule has 8 rings (SSSR count). The molecule has 0 bridgehead atoms. The van der Waals surface area contributed by atoms with Crippen molar-refractivity contribution < 1.29 is 0 Å². The molecule has 5 aromatic carbocycles. The summed E-state index contributed by atoms with van der Waals surface area (Å²) in [5.41, 5.74) is 24.3. The van der Waals surface area contributed by atoms with E-state index in [4.69, 9.17) is 0 Å². The van der Waals surface area contributed by atoms with Gasteiger partial charge in [0.15, 0.2) is 0 Å². The van der Waals surface area contributed by atoms with Crippen LogP contribution in [0.25, 0.3) is 0 Å². The van der Waals surface area contributed by atoms with Crippen molar-refractivity contribution in [1.29, 1.82) is 0 Å². The molecule has 5 aromatic rings. The maximum atomic E-state index is 2.66. The van der Waals surface area contributed by atoms with Crippen LogP contribution in [-0.2, 0) is 37.9 Å². The molecule has 0 radical (unpaired) electrons. The molecule has 0 saturated carbocycles. The summed E-state index contributed by atoms with van der Waals surface area (Å²) in [6, 6.07) is 29.9. The Morgan fingerprint density at radius 3 is 1.41 bits per heavy atom. The maximum Gasteiger partial charge on any atom is 0.0514 e. The van der Waals surface area contributed by atoms with Gasteiger partial charge in [-0.3, -0.25) is 0 Å². The van der Waals surface area contributed by atoms with Crippen LogP contribution in [0, 0.1) is 34.6 Å². The van der Waals surface area contributed by atoms with Crippen LogP contribution < -0.4 is 9.80 Å². The van der Waals surface area contributed by atoms with Crippen molar-refractivity contribution in [3.63, 3.8) is 0 Å². The van der Waals surface area contributed by atoms with Crippen molar-refractivity contribution in [1.82, 2.24) is 0 Å². The maximum absolute atomic E-state index is 2.66. The van der Waals surface area contributed by atoms with Gasteiger partial charge in [0.25, 0.3) is 0 Å². The molecule has 70 heavy (non-hydrogen) atoms. The van der Waals surface area contributed by atoms with Crippen molar-refractivity contribution in [2.45, 2.75) is 208 Å². The smallest absolute Gasteiger partial charge is 0.0514 e. The van der Waals surface area contributed by atoms with Crippen molar-refractivity contribution in [2.75, 3.05) is 9.80 Å². The minimum atomic E-state index is -0.210. The number of hydrogen-bond acceptors (Lipinski definition) is 2. The lowest BCUT2D eigenvalue weighted by atomic mass is 9.62. The summed E-state index contributed by atoms with van der Waals surface area (Å²) in [7, 11) is 0. The van der Waals surface area contributed by atoms with Crippen molar-refractivity contribution in [3.05, 3.63) is 176 Å². The predicted molar refractivity (Wildman–Crippen MR) is 307 cm³/mol. The van der Waals surface area contributed by atoms with E-state index in [0.29, 0.717) is 0 Å². The van der Waals surface area contributed by atoms with E-state index in [1.165, 1.54) is 127 Å². The Labute approximate surface area is 426 Å². The number of aryl methyl sites for hydroxylation is 4. The van der Waals surface area contributed by atoms with Crippen LogP contribution in [0.15, 0.2) is 109 Å². The first-order valence-corrected chi connectivity index (χ1v) is 26.7. The van der Waals surface area contributed by atoms with Crippen LogP contribution >= 0.6 is 0 Å². The van der Waals surface area contributed by atoms with Gasteiger partial charge in [-0.05, 0) is 215 Å². The van der Waals surface area contributed by atoms with Gasteiger partial charge in [0, 0.05) is 28.2 Å². The number of anilines is 6. The molecule has 0 heterocycles. The van der Waals surface area contributed by atoms with Crippen molar-refractivity contribution >= 4 is 34.1 Å². The topological polar surface area (TPSA) is 6.48 Å². The van der Waals surface area contributed by atoms with Crippen molar-refractivity contribution in [3.8, 4) is 0 Å². The van der Waals surface area contributed by atoms with Gasteiger partial charge in [0.2, 0.25) is 0 Å².